The third kappa shape index (κ3) is 4.03. The molecule has 0 aliphatic carbocycles. The van der Waals surface area contributed by atoms with Crippen LogP contribution in [0.4, 0.5) is 11.4 Å². The van der Waals surface area contributed by atoms with Crippen molar-refractivity contribution >= 4 is 38.9 Å². The Bertz CT molecular complexity index is 881. The van der Waals surface area contributed by atoms with Crippen LogP contribution in [0.25, 0.3) is 0 Å². The largest absolute Gasteiger partial charge is 0.322 e. The van der Waals surface area contributed by atoms with E-state index in [2.05, 4.69) is 5.32 Å². The van der Waals surface area contributed by atoms with Crippen molar-refractivity contribution in [3.63, 3.8) is 0 Å². The van der Waals surface area contributed by atoms with Gasteiger partial charge in [-0.15, -0.1) is 0 Å². The Hall–Kier alpha value is -2.49. The molecule has 8 nitrogen and oxygen atoms in total. The SMILES string of the molecule is NS(=O)(=O)c1ccc(NC(=O)c2ccc([N+](=O)[O-])cc2Cl)cc1. The Balaban J connectivity index is 2.21. The molecule has 1 amide bonds. The zero-order valence-corrected chi connectivity index (χ0v) is 13.0. The highest BCUT2D eigenvalue weighted by Gasteiger charge is 2.15. The fourth-order valence-electron chi connectivity index (χ4n) is 1.73. The molecule has 2 rings (SSSR count). The van der Waals surface area contributed by atoms with Crippen molar-refractivity contribution in [2.45, 2.75) is 4.90 Å². The third-order valence-electron chi connectivity index (χ3n) is 2.85. The summed E-state index contributed by atoms with van der Waals surface area (Å²) in [6.07, 6.45) is 0. The molecule has 10 heteroatoms. The normalized spacial score (nSPS) is 11.0. The molecule has 0 saturated carbocycles. The number of hydrogen-bond donors (Lipinski definition) is 2. The number of anilines is 1. The van der Waals surface area contributed by atoms with Gasteiger partial charge in [0.05, 0.1) is 20.4 Å². The monoisotopic (exact) mass is 355 g/mol. The van der Waals surface area contributed by atoms with Crippen LogP contribution in [0, 0.1) is 10.1 Å². The molecule has 0 fully saturated rings. The lowest BCUT2D eigenvalue weighted by Gasteiger charge is -2.07. The van der Waals surface area contributed by atoms with Gasteiger partial charge in [-0.25, -0.2) is 13.6 Å². The van der Waals surface area contributed by atoms with Crippen molar-refractivity contribution in [3.8, 4) is 0 Å². The first-order valence-electron chi connectivity index (χ1n) is 6.06. The van der Waals surface area contributed by atoms with Crippen molar-refractivity contribution in [2.75, 3.05) is 5.32 Å². The van der Waals surface area contributed by atoms with Crippen LogP contribution in [0.15, 0.2) is 47.4 Å². The molecule has 0 spiro atoms. The zero-order chi connectivity index (χ0) is 17.2. The number of non-ortho nitro benzene ring substituents is 1. The Kier molecular flexibility index (Phi) is 4.64. The molecule has 0 aliphatic heterocycles. The van der Waals surface area contributed by atoms with Crippen LogP contribution in [0.1, 0.15) is 10.4 Å². The summed E-state index contributed by atoms with van der Waals surface area (Å²) in [6, 6.07) is 8.65. The number of sulfonamides is 1. The number of nitro benzene ring substituents is 1. The van der Waals surface area contributed by atoms with Crippen LogP contribution in [0.3, 0.4) is 0 Å². The topological polar surface area (TPSA) is 132 Å². The lowest BCUT2D eigenvalue weighted by Crippen LogP contribution is -2.14. The van der Waals surface area contributed by atoms with Crippen molar-refractivity contribution in [3.05, 3.63) is 63.2 Å². The maximum absolute atomic E-state index is 12.1. The van der Waals surface area contributed by atoms with E-state index < -0.39 is 20.9 Å². The minimum atomic E-state index is -3.82. The van der Waals surface area contributed by atoms with Gasteiger partial charge in [0.1, 0.15) is 0 Å². The van der Waals surface area contributed by atoms with Gasteiger partial charge in [0.2, 0.25) is 10.0 Å². The minimum Gasteiger partial charge on any atom is -0.322 e. The number of hydrogen-bond acceptors (Lipinski definition) is 5. The lowest BCUT2D eigenvalue weighted by atomic mass is 10.2. The number of primary sulfonamides is 1. The van der Waals surface area contributed by atoms with Gasteiger partial charge < -0.3 is 5.32 Å². The summed E-state index contributed by atoms with van der Waals surface area (Å²) in [5, 5.41) is 18.0. The van der Waals surface area contributed by atoms with E-state index in [1.54, 1.807) is 0 Å². The van der Waals surface area contributed by atoms with Gasteiger partial charge in [-0.3, -0.25) is 14.9 Å². The quantitative estimate of drug-likeness (QED) is 0.640. The van der Waals surface area contributed by atoms with Crippen LogP contribution in [0.5, 0.6) is 0 Å². The molecular weight excluding hydrogens is 346 g/mol. The Morgan fingerprint density at radius 2 is 1.78 bits per heavy atom. The van der Waals surface area contributed by atoms with E-state index in [1.165, 1.54) is 30.3 Å². The van der Waals surface area contributed by atoms with E-state index in [9.17, 15) is 23.3 Å². The van der Waals surface area contributed by atoms with E-state index in [0.29, 0.717) is 5.69 Å². The first-order valence-corrected chi connectivity index (χ1v) is 7.99. The molecule has 0 bridgehead atoms. The predicted octanol–water partition coefficient (Wildman–Crippen LogP) is 2.15. The van der Waals surface area contributed by atoms with Gasteiger partial charge in [-0.2, -0.15) is 0 Å². The molecule has 0 aliphatic rings. The molecule has 0 saturated heterocycles. The number of nitro groups is 1. The molecule has 23 heavy (non-hydrogen) atoms. The van der Waals surface area contributed by atoms with E-state index in [1.807, 2.05) is 0 Å². The Labute approximate surface area is 136 Å². The molecular formula is C13H10ClN3O5S. The highest BCUT2D eigenvalue weighted by atomic mass is 35.5. The fraction of sp³-hybridized carbons (Fsp3) is 0. The van der Waals surface area contributed by atoms with Gasteiger partial charge in [-0.1, -0.05) is 11.6 Å². The number of benzene rings is 2. The van der Waals surface area contributed by atoms with Crippen molar-refractivity contribution in [1.82, 2.24) is 0 Å². The predicted molar refractivity (Wildman–Crippen MR) is 83.9 cm³/mol. The summed E-state index contributed by atoms with van der Waals surface area (Å²) < 4.78 is 22.3. The molecule has 0 atom stereocenters. The Morgan fingerprint density at radius 3 is 2.26 bits per heavy atom. The number of carbonyl (C=O) groups excluding carboxylic acids is 1. The molecule has 2 aromatic carbocycles. The first-order chi connectivity index (χ1) is 10.7. The van der Waals surface area contributed by atoms with Crippen LogP contribution >= 0.6 is 11.6 Å². The number of nitrogens with zero attached hydrogens (tertiary/aromatic N) is 1. The average molecular weight is 356 g/mol. The van der Waals surface area contributed by atoms with E-state index in [-0.39, 0.29) is 21.2 Å². The first kappa shape index (κ1) is 16.9. The summed E-state index contributed by atoms with van der Waals surface area (Å²) in [5.74, 6) is -0.590. The van der Waals surface area contributed by atoms with E-state index in [0.717, 1.165) is 12.1 Å². The number of amides is 1. The van der Waals surface area contributed by atoms with Crippen molar-refractivity contribution < 1.29 is 18.1 Å². The smallest absolute Gasteiger partial charge is 0.270 e. The molecule has 0 radical (unpaired) electrons. The Morgan fingerprint density at radius 1 is 1.17 bits per heavy atom. The number of halogens is 1. The number of carbonyl (C=O) groups is 1. The van der Waals surface area contributed by atoms with E-state index >= 15 is 0 Å². The summed E-state index contributed by atoms with van der Waals surface area (Å²) in [4.78, 5) is 22.0. The molecule has 120 valence electrons. The van der Waals surface area contributed by atoms with Gasteiger partial charge >= 0.3 is 0 Å². The molecule has 3 N–H and O–H groups in total. The number of rotatable bonds is 4. The fourth-order valence-corrected chi connectivity index (χ4v) is 2.50. The molecule has 0 aromatic heterocycles. The zero-order valence-electron chi connectivity index (χ0n) is 11.4. The van der Waals surface area contributed by atoms with Gasteiger partial charge in [0.25, 0.3) is 11.6 Å². The van der Waals surface area contributed by atoms with Crippen LogP contribution in [-0.2, 0) is 10.0 Å². The van der Waals surface area contributed by atoms with Gasteiger partial charge in [0, 0.05) is 17.8 Å². The second-order valence-electron chi connectivity index (χ2n) is 4.44. The third-order valence-corrected chi connectivity index (χ3v) is 4.09. The highest BCUT2D eigenvalue weighted by Crippen LogP contribution is 2.23. The maximum atomic E-state index is 12.1. The summed E-state index contributed by atoms with van der Waals surface area (Å²) in [7, 11) is -3.82. The van der Waals surface area contributed by atoms with E-state index in [4.69, 9.17) is 16.7 Å². The van der Waals surface area contributed by atoms with Crippen LogP contribution in [-0.4, -0.2) is 19.2 Å². The molecule has 2 aromatic rings. The highest BCUT2D eigenvalue weighted by molar-refractivity contribution is 7.89. The second kappa shape index (κ2) is 6.32. The summed E-state index contributed by atoms with van der Waals surface area (Å²) in [5.41, 5.74) is 0.133. The van der Waals surface area contributed by atoms with Gasteiger partial charge in [-0.05, 0) is 30.3 Å². The lowest BCUT2D eigenvalue weighted by molar-refractivity contribution is -0.384. The maximum Gasteiger partial charge on any atom is 0.270 e. The van der Waals surface area contributed by atoms with Crippen molar-refractivity contribution in [2.24, 2.45) is 5.14 Å². The number of nitrogens with one attached hydrogen (secondary N) is 1. The summed E-state index contributed by atoms with van der Waals surface area (Å²) >= 11 is 5.86. The minimum absolute atomic E-state index is 0.0489. The van der Waals surface area contributed by atoms with Crippen LogP contribution in [0.2, 0.25) is 5.02 Å². The van der Waals surface area contributed by atoms with Gasteiger partial charge in [0.15, 0.2) is 0 Å². The average Bonchev–Trinajstić information content (AvgIpc) is 2.46. The second-order valence-corrected chi connectivity index (χ2v) is 6.41. The van der Waals surface area contributed by atoms with Crippen LogP contribution < -0.4 is 10.5 Å². The summed E-state index contributed by atoms with van der Waals surface area (Å²) in [6.45, 7) is 0. The molecule has 0 unspecified atom stereocenters. The molecule has 0 heterocycles. The van der Waals surface area contributed by atoms with Crippen molar-refractivity contribution in [1.29, 1.82) is 0 Å². The standard InChI is InChI=1S/C13H10ClN3O5S/c14-12-7-9(17(19)20)3-6-11(12)13(18)16-8-1-4-10(5-2-8)23(15,21)22/h1-7H,(H,16,18)(H2,15,21,22). The number of nitrogens with two attached hydrogens (primary N) is 1.